The van der Waals surface area contributed by atoms with Gasteiger partial charge in [-0.3, -0.25) is 9.69 Å². The Morgan fingerprint density at radius 1 is 1.12 bits per heavy atom. The fourth-order valence-corrected chi connectivity index (χ4v) is 9.00. The molecule has 0 radical (unpaired) electrons. The molecular weight excluding hydrogens is 649 g/mol. The van der Waals surface area contributed by atoms with Crippen molar-refractivity contribution in [3.8, 4) is 35.4 Å². The molecule has 7 heterocycles. The number of fused-ring (bicyclic) bond motifs is 5. The Labute approximate surface area is 286 Å². The SMILES string of the molecule is C#Cc1c(F)ccc2cc(O)cc(-c3c(F)c4nc(OC[C@@]56CCCN5C[C@H](F)C6)nc(N5CC6CCC(C5)N6)c4c(=O)n3CC3COC3)c12. The van der Waals surface area contributed by atoms with E-state index in [1.54, 1.807) is 0 Å². The number of anilines is 1. The molecule has 0 spiro atoms. The molecule has 2 bridgehead atoms. The van der Waals surface area contributed by atoms with Crippen LogP contribution in [-0.2, 0) is 11.3 Å². The lowest BCUT2D eigenvalue weighted by Gasteiger charge is -2.35. The van der Waals surface area contributed by atoms with E-state index in [4.69, 9.17) is 20.9 Å². The van der Waals surface area contributed by atoms with E-state index in [2.05, 4.69) is 21.1 Å². The van der Waals surface area contributed by atoms with Crippen LogP contribution in [0.15, 0.2) is 29.1 Å². The second-order valence-electron chi connectivity index (χ2n) is 14.6. The second-order valence-corrected chi connectivity index (χ2v) is 14.6. The first kappa shape index (κ1) is 31.6. The molecule has 50 heavy (non-hydrogen) atoms. The van der Waals surface area contributed by atoms with Crippen molar-refractivity contribution in [3.05, 3.63) is 51.8 Å². The van der Waals surface area contributed by atoms with E-state index in [9.17, 15) is 14.3 Å². The third kappa shape index (κ3) is 5.02. The first-order valence-electron chi connectivity index (χ1n) is 17.4. The Bertz CT molecular complexity index is 2140. The molecule has 2 N–H and O–H groups in total. The first-order valence-corrected chi connectivity index (χ1v) is 17.4. The molecule has 5 aliphatic heterocycles. The van der Waals surface area contributed by atoms with E-state index in [-0.39, 0.29) is 81.8 Å². The van der Waals surface area contributed by atoms with Gasteiger partial charge in [-0.2, -0.15) is 9.97 Å². The molecule has 13 heteroatoms. The molecular formula is C37H37F3N6O4. The number of hydrogen-bond donors (Lipinski definition) is 2. The number of halogens is 3. The minimum Gasteiger partial charge on any atom is -0.508 e. The van der Waals surface area contributed by atoms with E-state index in [1.807, 2.05) is 4.90 Å². The Kier molecular flexibility index (Phi) is 7.49. The van der Waals surface area contributed by atoms with Crippen LogP contribution >= 0.6 is 0 Å². The third-order valence-electron chi connectivity index (χ3n) is 11.4. The molecule has 0 saturated carbocycles. The summed E-state index contributed by atoms with van der Waals surface area (Å²) in [4.78, 5) is 28.4. The summed E-state index contributed by atoms with van der Waals surface area (Å²) in [5.74, 6) is 0.833. The zero-order chi connectivity index (χ0) is 34.3. The maximum Gasteiger partial charge on any atom is 0.319 e. The number of nitrogens with zero attached hydrogens (tertiary/aromatic N) is 5. The van der Waals surface area contributed by atoms with Crippen LogP contribution in [0.2, 0.25) is 0 Å². The number of pyridine rings is 1. The Morgan fingerprint density at radius 3 is 2.66 bits per heavy atom. The summed E-state index contributed by atoms with van der Waals surface area (Å²) >= 11 is 0. The summed E-state index contributed by atoms with van der Waals surface area (Å²) in [7, 11) is 0. The van der Waals surface area contributed by atoms with Gasteiger partial charge in [-0.15, -0.1) is 6.42 Å². The average molecular weight is 687 g/mol. The second kappa shape index (κ2) is 11.9. The number of rotatable bonds is 7. The van der Waals surface area contributed by atoms with Crippen molar-refractivity contribution in [3.63, 3.8) is 0 Å². The van der Waals surface area contributed by atoms with Crippen LogP contribution in [0.4, 0.5) is 19.0 Å². The van der Waals surface area contributed by atoms with Gasteiger partial charge in [0.05, 0.1) is 30.0 Å². The largest absolute Gasteiger partial charge is 0.508 e. The summed E-state index contributed by atoms with van der Waals surface area (Å²) in [5, 5.41) is 15.0. The van der Waals surface area contributed by atoms with Crippen LogP contribution < -0.4 is 20.5 Å². The van der Waals surface area contributed by atoms with Gasteiger partial charge in [0.15, 0.2) is 5.82 Å². The number of alkyl halides is 1. The highest BCUT2D eigenvalue weighted by atomic mass is 19.1. The Morgan fingerprint density at radius 2 is 1.92 bits per heavy atom. The van der Waals surface area contributed by atoms with Crippen molar-refractivity contribution in [2.24, 2.45) is 5.92 Å². The van der Waals surface area contributed by atoms with Gasteiger partial charge in [-0.05, 0) is 55.8 Å². The number of terminal acetylenes is 1. The zero-order valence-electron chi connectivity index (χ0n) is 27.4. The number of ether oxygens (including phenoxy) is 2. The standard InChI is InChI=1S/C37H37F3N6O4/c1-2-26-28(39)7-4-21-10-25(47)11-27(29(21)26)33-31(40)32-30(35(48)46(33)13-20-17-49-18-20)34(44-15-23-5-6-24(16-44)41-23)43-36(42-32)50-19-37-8-3-9-45(37)14-22(38)12-37/h1,4,7,10-11,20,22-24,41,47H,3,5-6,8-9,12-19H2/t22-,23?,24?,37+/m1/s1. The molecule has 2 aromatic heterocycles. The quantitative estimate of drug-likeness (QED) is 0.278. The smallest absolute Gasteiger partial charge is 0.319 e. The highest BCUT2D eigenvalue weighted by Crippen LogP contribution is 2.42. The Balaban J connectivity index is 1.28. The molecule has 260 valence electrons. The molecule has 5 aliphatic rings. The van der Waals surface area contributed by atoms with Crippen molar-refractivity contribution in [2.75, 3.05) is 50.9 Å². The van der Waals surface area contributed by atoms with Gasteiger partial charge in [-0.25, -0.2) is 13.2 Å². The number of benzene rings is 2. The normalized spacial score (nSPS) is 26.4. The van der Waals surface area contributed by atoms with Crippen molar-refractivity contribution < 1.29 is 27.8 Å². The van der Waals surface area contributed by atoms with Crippen LogP contribution in [-0.4, -0.2) is 94.3 Å². The number of aromatic nitrogens is 3. The number of phenolic OH excluding ortho intramolecular Hbond substituents is 1. The predicted octanol–water partition coefficient (Wildman–Crippen LogP) is 4.12. The number of phenols is 1. The van der Waals surface area contributed by atoms with Crippen LogP contribution in [0.1, 0.15) is 37.7 Å². The van der Waals surface area contributed by atoms with Gasteiger partial charge >= 0.3 is 6.01 Å². The van der Waals surface area contributed by atoms with Crippen LogP contribution in [0.5, 0.6) is 11.8 Å². The molecule has 4 atom stereocenters. The molecule has 9 rings (SSSR count). The molecule has 2 unspecified atom stereocenters. The topological polar surface area (TPSA) is 105 Å². The van der Waals surface area contributed by atoms with Gasteiger partial charge in [0.2, 0.25) is 0 Å². The predicted molar refractivity (Wildman–Crippen MR) is 181 cm³/mol. The van der Waals surface area contributed by atoms with E-state index >= 15 is 8.78 Å². The van der Waals surface area contributed by atoms with Crippen LogP contribution in [0.25, 0.3) is 32.9 Å². The molecule has 10 nitrogen and oxygen atoms in total. The summed E-state index contributed by atoms with van der Waals surface area (Å²) < 4.78 is 60.4. The van der Waals surface area contributed by atoms with Crippen molar-refractivity contribution in [1.82, 2.24) is 24.8 Å². The van der Waals surface area contributed by atoms with E-state index in [0.29, 0.717) is 44.7 Å². The van der Waals surface area contributed by atoms with E-state index in [0.717, 1.165) is 32.2 Å². The third-order valence-corrected chi connectivity index (χ3v) is 11.4. The molecule has 2 aromatic carbocycles. The monoisotopic (exact) mass is 686 g/mol. The van der Waals surface area contributed by atoms with Crippen LogP contribution in [0.3, 0.4) is 0 Å². The van der Waals surface area contributed by atoms with Gasteiger partial charge in [0.25, 0.3) is 5.56 Å². The number of aromatic hydroxyl groups is 1. The fourth-order valence-electron chi connectivity index (χ4n) is 9.00. The van der Waals surface area contributed by atoms with E-state index < -0.39 is 28.9 Å². The lowest BCUT2D eigenvalue weighted by Crippen LogP contribution is -2.51. The van der Waals surface area contributed by atoms with Crippen molar-refractivity contribution in [2.45, 2.75) is 62.4 Å². The minimum atomic E-state index is -0.960. The number of piperazine rings is 1. The molecule has 5 saturated heterocycles. The minimum absolute atomic E-state index is 0.0123. The molecule has 0 aliphatic carbocycles. The molecule has 5 fully saturated rings. The lowest BCUT2D eigenvalue weighted by molar-refractivity contribution is -0.0396. The molecule has 0 amide bonds. The molecule has 4 aromatic rings. The first-order chi connectivity index (χ1) is 24.2. The highest BCUT2D eigenvalue weighted by molar-refractivity contribution is 6.03. The average Bonchev–Trinajstić information content (AvgIpc) is 3.73. The van der Waals surface area contributed by atoms with Gasteiger partial charge in [-0.1, -0.05) is 12.0 Å². The van der Waals surface area contributed by atoms with Gasteiger partial charge in [0, 0.05) is 61.6 Å². The zero-order valence-corrected chi connectivity index (χ0v) is 27.4. The fraction of sp³-hybridized carbons (Fsp3) is 0.486. The highest BCUT2D eigenvalue weighted by Gasteiger charge is 2.49. The van der Waals surface area contributed by atoms with E-state index in [1.165, 1.54) is 28.8 Å². The number of nitrogens with one attached hydrogen (secondary N) is 1. The summed E-state index contributed by atoms with van der Waals surface area (Å²) in [6.07, 6.45) is 8.79. The maximum absolute atomic E-state index is 17.6. The van der Waals surface area contributed by atoms with Crippen molar-refractivity contribution >= 4 is 27.5 Å². The summed E-state index contributed by atoms with van der Waals surface area (Å²) in [6.45, 7) is 3.23. The summed E-state index contributed by atoms with van der Waals surface area (Å²) in [6, 6.07) is 5.63. The lowest BCUT2D eigenvalue weighted by atomic mass is 9.95. The van der Waals surface area contributed by atoms with Crippen molar-refractivity contribution in [1.29, 1.82) is 0 Å². The van der Waals surface area contributed by atoms with Gasteiger partial charge < -0.3 is 29.4 Å². The van der Waals surface area contributed by atoms with Crippen LogP contribution in [0, 0.1) is 29.9 Å². The maximum atomic E-state index is 17.6. The Hall–Kier alpha value is -4.38. The van der Waals surface area contributed by atoms with Gasteiger partial charge in [0.1, 0.15) is 41.1 Å². The number of hydrogen-bond acceptors (Lipinski definition) is 9. The summed E-state index contributed by atoms with van der Waals surface area (Å²) in [5.41, 5.74) is -1.50.